The summed E-state index contributed by atoms with van der Waals surface area (Å²) >= 11 is 3.54. The van der Waals surface area contributed by atoms with Gasteiger partial charge in [0.25, 0.3) is 0 Å². The van der Waals surface area contributed by atoms with Crippen molar-refractivity contribution in [1.82, 2.24) is 0 Å². The van der Waals surface area contributed by atoms with Crippen LogP contribution in [0.2, 0.25) is 0 Å². The van der Waals surface area contributed by atoms with Gasteiger partial charge in [-0.3, -0.25) is 0 Å². The summed E-state index contributed by atoms with van der Waals surface area (Å²) in [5.74, 6) is 1.51. The first-order valence-corrected chi connectivity index (χ1v) is 7.47. The van der Waals surface area contributed by atoms with Crippen molar-refractivity contribution < 1.29 is 9.15 Å². The largest absolute Gasteiger partial charge is 0.497 e. The summed E-state index contributed by atoms with van der Waals surface area (Å²) in [6.45, 7) is 2.06. The first-order chi connectivity index (χ1) is 10.1. The van der Waals surface area contributed by atoms with Gasteiger partial charge in [0.1, 0.15) is 17.1 Å². The molecule has 1 atom stereocenters. The van der Waals surface area contributed by atoms with Crippen LogP contribution in [0.15, 0.2) is 51.4 Å². The van der Waals surface area contributed by atoms with E-state index in [0.717, 1.165) is 32.5 Å². The molecule has 0 saturated heterocycles. The lowest BCUT2D eigenvalue weighted by atomic mass is 10.0. The Hall–Kier alpha value is -1.78. The lowest BCUT2D eigenvalue weighted by Crippen LogP contribution is -2.11. The van der Waals surface area contributed by atoms with Crippen LogP contribution in [0.3, 0.4) is 0 Å². The van der Waals surface area contributed by atoms with E-state index in [1.54, 1.807) is 7.11 Å². The van der Waals surface area contributed by atoms with Gasteiger partial charge in [-0.2, -0.15) is 0 Å². The third-order valence-electron chi connectivity index (χ3n) is 3.54. The number of ether oxygens (including phenoxy) is 1. The van der Waals surface area contributed by atoms with E-state index in [2.05, 4.69) is 28.9 Å². The molecular weight excluding hydrogens is 330 g/mol. The molecular formula is C17H16BrNO2. The lowest BCUT2D eigenvalue weighted by molar-refractivity contribution is 0.413. The maximum Gasteiger partial charge on any atom is 0.134 e. The van der Waals surface area contributed by atoms with Crippen LogP contribution in [0.4, 0.5) is 0 Å². The number of halogens is 1. The van der Waals surface area contributed by atoms with E-state index in [1.165, 1.54) is 5.56 Å². The second-order valence-electron chi connectivity index (χ2n) is 5.06. The number of hydrogen-bond donors (Lipinski definition) is 1. The summed E-state index contributed by atoms with van der Waals surface area (Å²) < 4.78 is 12.1. The smallest absolute Gasteiger partial charge is 0.134 e. The molecule has 0 aliphatic heterocycles. The molecule has 2 aromatic carbocycles. The average Bonchev–Trinajstić information content (AvgIpc) is 2.90. The molecule has 0 aliphatic carbocycles. The lowest BCUT2D eigenvalue weighted by Gasteiger charge is -2.12. The van der Waals surface area contributed by atoms with Gasteiger partial charge in [0.2, 0.25) is 0 Å². The number of hydrogen-bond acceptors (Lipinski definition) is 3. The first kappa shape index (κ1) is 14.2. The SMILES string of the molecule is COc1ccc(Br)c(C(N)c2cc3cc(C)ccc3o2)c1. The number of benzene rings is 2. The van der Waals surface area contributed by atoms with Crippen molar-refractivity contribution in [3.05, 3.63) is 63.8 Å². The molecule has 21 heavy (non-hydrogen) atoms. The molecule has 0 amide bonds. The second-order valence-corrected chi connectivity index (χ2v) is 5.91. The number of furan rings is 1. The van der Waals surface area contributed by atoms with Crippen LogP contribution in [-0.2, 0) is 0 Å². The standard InChI is InChI=1S/C17H16BrNO2/c1-10-3-6-15-11(7-10)8-16(21-15)17(19)13-9-12(20-2)4-5-14(13)18/h3-9,17H,19H2,1-2H3. The quantitative estimate of drug-likeness (QED) is 0.756. The minimum absolute atomic E-state index is 0.345. The Labute approximate surface area is 131 Å². The maximum atomic E-state index is 6.36. The summed E-state index contributed by atoms with van der Waals surface area (Å²) in [5, 5.41) is 1.07. The van der Waals surface area contributed by atoms with Crippen molar-refractivity contribution in [2.75, 3.05) is 7.11 Å². The molecule has 0 saturated carbocycles. The van der Waals surface area contributed by atoms with Crippen LogP contribution < -0.4 is 10.5 Å². The van der Waals surface area contributed by atoms with Gasteiger partial charge < -0.3 is 14.9 Å². The Bertz CT molecular complexity index is 795. The van der Waals surface area contributed by atoms with Crippen LogP contribution in [0, 0.1) is 6.92 Å². The van der Waals surface area contributed by atoms with Crippen LogP contribution >= 0.6 is 15.9 Å². The Morgan fingerprint density at radius 1 is 1.14 bits per heavy atom. The number of aryl methyl sites for hydroxylation is 1. The fraction of sp³-hybridized carbons (Fsp3) is 0.176. The van der Waals surface area contributed by atoms with Crippen molar-refractivity contribution in [3.8, 4) is 5.75 Å². The number of methoxy groups -OCH3 is 1. The molecule has 1 aromatic heterocycles. The Balaban J connectivity index is 2.05. The summed E-state index contributed by atoms with van der Waals surface area (Å²) in [4.78, 5) is 0. The van der Waals surface area contributed by atoms with Gasteiger partial charge in [-0.25, -0.2) is 0 Å². The maximum absolute atomic E-state index is 6.36. The van der Waals surface area contributed by atoms with Gasteiger partial charge >= 0.3 is 0 Å². The molecule has 0 spiro atoms. The van der Waals surface area contributed by atoms with E-state index < -0.39 is 0 Å². The highest BCUT2D eigenvalue weighted by Gasteiger charge is 2.17. The van der Waals surface area contributed by atoms with E-state index >= 15 is 0 Å². The molecule has 4 heteroatoms. The van der Waals surface area contributed by atoms with Crippen molar-refractivity contribution in [2.24, 2.45) is 5.73 Å². The summed E-state index contributed by atoms with van der Waals surface area (Å²) in [7, 11) is 1.64. The zero-order valence-electron chi connectivity index (χ0n) is 11.9. The monoisotopic (exact) mass is 345 g/mol. The highest BCUT2D eigenvalue weighted by atomic mass is 79.9. The number of rotatable bonds is 3. The van der Waals surface area contributed by atoms with Crippen LogP contribution in [0.25, 0.3) is 11.0 Å². The van der Waals surface area contributed by atoms with Crippen LogP contribution in [0.5, 0.6) is 5.75 Å². The van der Waals surface area contributed by atoms with Gasteiger partial charge in [-0.1, -0.05) is 27.6 Å². The predicted octanol–water partition coefficient (Wildman–Crippen LogP) is 4.56. The molecule has 108 valence electrons. The molecule has 0 radical (unpaired) electrons. The molecule has 0 bridgehead atoms. The van der Waals surface area contributed by atoms with Gasteiger partial charge in [0.05, 0.1) is 13.2 Å². The Kier molecular flexibility index (Phi) is 3.74. The van der Waals surface area contributed by atoms with Crippen molar-refractivity contribution in [3.63, 3.8) is 0 Å². The van der Waals surface area contributed by atoms with Gasteiger partial charge in [-0.15, -0.1) is 0 Å². The molecule has 3 aromatic rings. The second kappa shape index (κ2) is 5.54. The van der Waals surface area contributed by atoms with E-state index in [9.17, 15) is 0 Å². The number of fused-ring (bicyclic) bond motifs is 1. The topological polar surface area (TPSA) is 48.4 Å². The molecule has 0 aliphatic rings. The Morgan fingerprint density at radius 2 is 1.95 bits per heavy atom. The minimum atomic E-state index is -0.345. The minimum Gasteiger partial charge on any atom is -0.497 e. The summed E-state index contributed by atoms with van der Waals surface area (Å²) in [6, 6.07) is 13.5. The third-order valence-corrected chi connectivity index (χ3v) is 4.26. The third kappa shape index (κ3) is 2.69. The van der Waals surface area contributed by atoms with Crippen molar-refractivity contribution in [1.29, 1.82) is 0 Å². The van der Waals surface area contributed by atoms with E-state index in [-0.39, 0.29) is 6.04 Å². The van der Waals surface area contributed by atoms with Crippen molar-refractivity contribution in [2.45, 2.75) is 13.0 Å². The van der Waals surface area contributed by atoms with E-state index in [1.807, 2.05) is 36.4 Å². The van der Waals surface area contributed by atoms with Gasteiger partial charge in [0.15, 0.2) is 0 Å². The van der Waals surface area contributed by atoms with Gasteiger partial charge in [0, 0.05) is 9.86 Å². The van der Waals surface area contributed by atoms with E-state index in [0.29, 0.717) is 0 Å². The fourth-order valence-corrected chi connectivity index (χ4v) is 2.87. The summed E-state index contributed by atoms with van der Waals surface area (Å²) in [5.41, 5.74) is 9.35. The normalized spacial score (nSPS) is 12.6. The highest BCUT2D eigenvalue weighted by molar-refractivity contribution is 9.10. The molecule has 1 heterocycles. The van der Waals surface area contributed by atoms with E-state index in [4.69, 9.17) is 14.9 Å². The zero-order chi connectivity index (χ0) is 15.0. The highest BCUT2D eigenvalue weighted by Crippen LogP contribution is 2.33. The molecule has 0 fully saturated rings. The first-order valence-electron chi connectivity index (χ1n) is 6.67. The van der Waals surface area contributed by atoms with Crippen LogP contribution in [0.1, 0.15) is 22.9 Å². The molecule has 3 rings (SSSR count). The fourth-order valence-electron chi connectivity index (χ4n) is 2.38. The molecule has 2 N–H and O–H groups in total. The Morgan fingerprint density at radius 3 is 2.71 bits per heavy atom. The molecule has 1 unspecified atom stereocenters. The van der Waals surface area contributed by atoms with Gasteiger partial charge in [-0.05, 0) is 48.9 Å². The summed E-state index contributed by atoms with van der Waals surface area (Å²) in [6.07, 6.45) is 0. The zero-order valence-corrected chi connectivity index (χ0v) is 13.5. The number of nitrogens with two attached hydrogens (primary N) is 1. The van der Waals surface area contributed by atoms with Crippen LogP contribution in [-0.4, -0.2) is 7.11 Å². The van der Waals surface area contributed by atoms with Crippen molar-refractivity contribution >= 4 is 26.9 Å². The average molecular weight is 346 g/mol. The molecule has 3 nitrogen and oxygen atoms in total. The predicted molar refractivity (Wildman–Crippen MR) is 87.7 cm³/mol.